The summed E-state index contributed by atoms with van der Waals surface area (Å²) < 4.78 is 1.59. The van der Waals surface area contributed by atoms with E-state index in [4.69, 9.17) is 22.6 Å². The van der Waals surface area contributed by atoms with Crippen LogP contribution in [-0.2, 0) is 7.05 Å². The van der Waals surface area contributed by atoms with Gasteiger partial charge in [-0.05, 0) is 12.8 Å². The van der Waals surface area contributed by atoms with Gasteiger partial charge in [-0.1, -0.05) is 22.9 Å². The SMILES string of the molecule is Cn1nc(C2CCCN(c3nc(Cl)c(C#N)s3)C2)nc1N. The van der Waals surface area contributed by atoms with Crippen LogP contribution in [0.2, 0.25) is 5.15 Å². The molecule has 2 aromatic rings. The lowest BCUT2D eigenvalue weighted by Gasteiger charge is -2.31. The molecule has 21 heavy (non-hydrogen) atoms. The zero-order valence-electron chi connectivity index (χ0n) is 11.5. The van der Waals surface area contributed by atoms with Crippen molar-refractivity contribution >= 4 is 34.0 Å². The maximum absolute atomic E-state index is 8.97. The molecule has 0 bridgehead atoms. The number of anilines is 2. The van der Waals surface area contributed by atoms with Crippen LogP contribution >= 0.6 is 22.9 Å². The van der Waals surface area contributed by atoms with E-state index in [0.717, 1.165) is 36.9 Å². The number of aryl methyl sites for hydroxylation is 1. The van der Waals surface area contributed by atoms with Gasteiger partial charge in [-0.15, -0.1) is 0 Å². The van der Waals surface area contributed by atoms with Crippen molar-refractivity contribution in [3.05, 3.63) is 15.9 Å². The summed E-state index contributed by atoms with van der Waals surface area (Å²) in [4.78, 5) is 11.2. The number of nitrogens with zero attached hydrogens (tertiary/aromatic N) is 6. The molecule has 3 rings (SSSR count). The zero-order valence-corrected chi connectivity index (χ0v) is 13.0. The van der Waals surface area contributed by atoms with Crippen molar-refractivity contribution in [3.63, 3.8) is 0 Å². The Hall–Kier alpha value is -1.85. The second kappa shape index (κ2) is 5.50. The van der Waals surface area contributed by atoms with Crippen LogP contribution in [0.25, 0.3) is 0 Å². The van der Waals surface area contributed by atoms with Crippen LogP contribution < -0.4 is 10.6 Å². The minimum Gasteiger partial charge on any atom is -0.368 e. The van der Waals surface area contributed by atoms with Gasteiger partial charge in [-0.25, -0.2) is 9.67 Å². The lowest BCUT2D eigenvalue weighted by atomic mass is 9.98. The third kappa shape index (κ3) is 2.66. The molecule has 2 N–H and O–H groups in total. The van der Waals surface area contributed by atoms with Gasteiger partial charge in [-0.3, -0.25) is 0 Å². The lowest BCUT2D eigenvalue weighted by Crippen LogP contribution is -2.34. The van der Waals surface area contributed by atoms with Crippen LogP contribution in [0.5, 0.6) is 0 Å². The Morgan fingerprint density at radius 2 is 2.29 bits per heavy atom. The molecular formula is C12H14ClN7S. The highest BCUT2D eigenvalue weighted by atomic mass is 35.5. The largest absolute Gasteiger partial charge is 0.368 e. The summed E-state index contributed by atoms with van der Waals surface area (Å²) in [6.45, 7) is 1.66. The first-order valence-corrected chi connectivity index (χ1v) is 7.75. The van der Waals surface area contributed by atoms with Gasteiger partial charge in [0.25, 0.3) is 0 Å². The molecule has 0 saturated carbocycles. The minimum atomic E-state index is 0.218. The minimum absolute atomic E-state index is 0.218. The lowest BCUT2D eigenvalue weighted by molar-refractivity contribution is 0.488. The second-order valence-corrected chi connectivity index (χ2v) is 6.30. The Labute approximate surface area is 131 Å². The highest BCUT2D eigenvalue weighted by Gasteiger charge is 2.27. The van der Waals surface area contributed by atoms with E-state index < -0.39 is 0 Å². The number of hydrogen-bond donors (Lipinski definition) is 1. The summed E-state index contributed by atoms with van der Waals surface area (Å²) in [5, 5.41) is 14.4. The van der Waals surface area contributed by atoms with Gasteiger partial charge in [0.05, 0.1) is 0 Å². The number of aromatic nitrogens is 4. The van der Waals surface area contributed by atoms with Crippen molar-refractivity contribution in [1.29, 1.82) is 5.26 Å². The number of nitrogens with two attached hydrogens (primary N) is 1. The first-order valence-electron chi connectivity index (χ1n) is 6.56. The van der Waals surface area contributed by atoms with E-state index >= 15 is 0 Å². The molecule has 1 aliphatic heterocycles. The van der Waals surface area contributed by atoms with Crippen molar-refractivity contribution in [1.82, 2.24) is 19.7 Å². The molecule has 110 valence electrons. The zero-order chi connectivity index (χ0) is 15.0. The summed E-state index contributed by atoms with van der Waals surface area (Å²) in [7, 11) is 1.78. The third-order valence-corrected chi connectivity index (χ3v) is 4.95. The Balaban J connectivity index is 1.80. The molecule has 1 aliphatic rings. The van der Waals surface area contributed by atoms with Crippen LogP contribution in [0.15, 0.2) is 0 Å². The highest BCUT2D eigenvalue weighted by molar-refractivity contribution is 7.16. The Kier molecular flexibility index (Phi) is 3.69. The number of rotatable bonds is 2. The summed E-state index contributed by atoms with van der Waals surface area (Å²) in [6.07, 6.45) is 2.03. The van der Waals surface area contributed by atoms with Crippen molar-refractivity contribution in [3.8, 4) is 6.07 Å². The van der Waals surface area contributed by atoms with Gasteiger partial charge in [0, 0.05) is 26.1 Å². The van der Waals surface area contributed by atoms with Crippen LogP contribution in [0.4, 0.5) is 11.1 Å². The van der Waals surface area contributed by atoms with E-state index in [2.05, 4.69) is 26.0 Å². The molecule has 0 radical (unpaired) electrons. The molecule has 0 aromatic carbocycles. The maximum atomic E-state index is 8.97. The van der Waals surface area contributed by atoms with Gasteiger partial charge in [0.1, 0.15) is 10.9 Å². The number of hydrogen-bond acceptors (Lipinski definition) is 7. The molecule has 7 nitrogen and oxygen atoms in total. The average Bonchev–Trinajstić information content (AvgIpc) is 3.02. The van der Waals surface area contributed by atoms with E-state index in [9.17, 15) is 0 Å². The Morgan fingerprint density at radius 3 is 2.90 bits per heavy atom. The molecule has 1 atom stereocenters. The molecular weight excluding hydrogens is 310 g/mol. The average molecular weight is 324 g/mol. The molecule has 9 heteroatoms. The van der Waals surface area contributed by atoms with Crippen molar-refractivity contribution in [2.24, 2.45) is 7.05 Å². The Bertz CT molecular complexity index is 682. The summed E-state index contributed by atoms with van der Waals surface area (Å²) in [6, 6.07) is 2.06. The summed E-state index contributed by atoms with van der Waals surface area (Å²) in [5.74, 6) is 1.41. The molecule has 2 aromatic heterocycles. The third-order valence-electron chi connectivity index (χ3n) is 3.55. The van der Waals surface area contributed by atoms with E-state index in [1.165, 1.54) is 11.3 Å². The van der Waals surface area contributed by atoms with Crippen molar-refractivity contribution in [2.75, 3.05) is 23.7 Å². The number of nitrogen functional groups attached to an aromatic ring is 1. The predicted octanol–water partition coefficient (Wildman–Crippen LogP) is 1.76. The fraction of sp³-hybridized carbons (Fsp3) is 0.500. The smallest absolute Gasteiger partial charge is 0.218 e. The number of thiazole rings is 1. The van der Waals surface area contributed by atoms with Crippen LogP contribution in [0.3, 0.4) is 0 Å². The van der Waals surface area contributed by atoms with E-state index in [1.54, 1.807) is 11.7 Å². The number of halogens is 1. The first-order chi connectivity index (χ1) is 10.1. The predicted molar refractivity (Wildman–Crippen MR) is 81.4 cm³/mol. The van der Waals surface area contributed by atoms with Crippen LogP contribution in [0.1, 0.15) is 29.5 Å². The maximum Gasteiger partial charge on any atom is 0.218 e. The Morgan fingerprint density at radius 1 is 1.48 bits per heavy atom. The van der Waals surface area contributed by atoms with Crippen LogP contribution in [0, 0.1) is 11.3 Å². The van der Waals surface area contributed by atoms with Gasteiger partial charge < -0.3 is 10.6 Å². The van der Waals surface area contributed by atoms with Crippen molar-refractivity contribution in [2.45, 2.75) is 18.8 Å². The molecule has 1 unspecified atom stereocenters. The number of piperidine rings is 1. The molecule has 1 fully saturated rings. The van der Waals surface area contributed by atoms with Gasteiger partial charge in [0.2, 0.25) is 5.95 Å². The molecule has 0 amide bonds. The van der Waals surface area contributed by atoms with E-state index in [1.807, 2.05) is 0 Å². The fourth-order valence-corrected chi connectivity index (χ4v) is 3.52. The number of nitriles is 1. The first kappa shape index (κ1) is 14.1. The normalized spacial score (nSPS) is 18.7. The van der Waals surface area contributed by atoms with Gasteiger partial charge in [-0.2, -0.15) is 15.3 Å². The van der Waals surface area contributed by atoms with Gasteiger partial charge >= 0.3 is 0 Å². The molecule has 0 aliphatic carbocycles. The second-order valence-electron chi connectivity index (χ2n) is 4.97. The van der Waals surface area contributed by atoms with Gasteiger partial charge in [0.15, 0.2) is 16.1 Å². The van der Waals surface area contributed by atoms with Crippen LogP contribution in [-0.4, -0.2) is 32.8 Å². The monoisotopic (exact) mass is 323 g/mol. The standard InChI is InChI=1S/C12H14ClN7S/c1-19-11(15)17-10(18-19)7-3-2-4-20(6-7)12-16-9(13)8(5-14)21-12/h7H,2-4,6H2,1H3,(H2,15,17,18). The quantitative estimate of drug-likeness (QED) is 0.904. The fourth-order valence-electron chi connectivity index (χ4n) is 2.45. The van der Waals surface area contributed by atoms with E-state index in [-0.39, 0.29) is 11.1 Å². The highest BCUT2D eigenvalue weighted by Crippen LogP contribution is 2.33. The summed E-state index contributed by atoms with van der Waals surface area (Å²) >= 11 is 7.27. The van der Waals surface area contributed by atoms with Crippen molar-refractivity contribution < 1.29 is 0 Å². The summed E-state index contributed by atoms with van der Waals surface area (Å²) in [5.41, 5.74) is 5.75. The topological polar surface area (TPSA) is 96.6 Å². The molecule has 3 heterocycles. The molecule has 0 spiro atoms. The van der Waals surface area contributed by atoms with E-state index in [0.29, 0.717) is 10.8 Å². The molecule has 1 saturated heterocycles.